The van der Waals surface area contributed by atoms with Gasteiger partial charge in [0, 0.05) is 0 Å². The van der Waals surface area contributed by atoms with Crippen molar-refractivity contribution < 1.29 is 15.0 Å². The summed E-state index contributed by atoms with van der Waals surface area (Å²) in [7, 11) is -1.91. The summed E-state index contributed by atoms with van der Waals surface area (Å²) in [5.74, 6) is 0. The summed E-state index contributed by atoms with van der Waals surface area (Å²) in [4.78, 5) is 8.44. The summed E-state index contributed by atoms with van der Waals surface area (Å²) in [6, 6.07) is 43.8. The van der Waals surface area contributed by atoms with Gasteiger partial charge in [0.1, 0.15) is 28.5 Å². The summed E-state index contributed by atoms with van der Waals surface area (Å²) in [5, 5.41) is 20.9. The van der Waals surface area contributed by atoms with E-state index in [4.69, 9.17) is 15.0 Å². The molecule has 0 saturated carbocycles. The third-order valence-corrected chi connectivity index (χ3v) is 8.86. The Kier molecular flexibility index (Phi) is 6.78. The van der Waals surface area contributed by atoms with Crippen LogP contribution in [0.3, 0.4) is 0 Å². The van der Waals surface area contributed by atoms with Crippen molar-refractivity contribution >= 4 is 34.6 Å². The maximum atomic E-state index is 8.44. The molecule has 4 rings (SSSR count). The molecule has 3 nitrogen and oxygen atoms in total. The largest absolute Gasteiger partial charge is 0.565 e. The monoisotopic (exact) mass is 400 g/mol. The van der Waals surface area contributed by atoms with Gasteiger partial charge in [-0.15, -0.1) is 0 Å². The van der Waals surface area contributed by atoms with Gasteiger partial charge in [0.05, 0.1) is 0 Å². The molecule has 4 aromatic carbocycles. The highest BCUT2D eigenvalue weighted by atomic mass is 31.2. The molecular formula is C25H21O3P. The molecule has 1 N–H and O–H groups in total. The standard InChI is InChI=1S/C24H20P.CH2O3/c1-5-13-21(14-6-1)25(22-15-7-2-8-16-22,23-17-9-3-10-18-23)24-19-11-4-12-20-24;2-1(3)4/h1-20H;(H2,2,3,4)/q+1;/p-1. The highest BCUT2D eigenvalue weighted by Crippen LogP contribution is 2.53. The fourth-order valence-corrected chi connectivity index (χ4v) is 7.77. The lowest BCUT2D eigenvalue weighted by molar-refractivity contribution is -0.275. The van der Waals surface area contributed by atoms with E-state index in [0.717, 1.165) is 0 Å². The van der Waals surface area contributed by atoms with Crippen LogP contribution in [0.15, 0.2) is 121 Å². The van der Waals surface area contributed by atoms with Gasteiger partial charge >= 0.3 is 0 Å². The van der Waals surface area contributed by atoms with Gasteiger partial charge in [0.15, 0.2) is 0 Å². The first-order valence-electron chi connectivity index (χ1n) is 9.17. The van der Waals surface area contributed by atoms with Crippen LogP contribution in [0.5, 0.6) is 0 Å². The summed E-state index contributed by atoms with van der Waals surface area (Å²) in [5.41, 5.74) is 0. The predicted molar refractivity (Wildman–Crippen MR) is 119 cm³/mol. The van der Waals surface area contributed by atoms with Crippen LogP contribution in [0.2, 0.25) is 0 Å². The number of carbonyl (C=O) groups is 1. The molecule has 0 aliphatic heterocycles. The van der Waals surface area contributed by atoms with E-state index in [2.05, 4.69) is 121 Å². The van der Waals surface area contributed by atoms with Gasteiger partial charge in [-0.1, -0.05) is 72.8 Å². The Morgan fingerprint density at radius 3 is 0.862 bits per heavy atom. The third kappa shape index (κ3) is 4.53. The smallest absolute Gasteiger partial charge is 0.249 e. The summed E-state index contributed by atoms with van der Waals surface area (Å²) < 4.78 is 0. The molecule has 29 heavy (non-hydrogen) atoms. The Morgan fingerprint density at radius 1 is 0.517 bits per heavy atom. The maximum absolute atomic E-state index is 8.44. The summed E-state index contributed by atoms with van der Waals surface area (Å²) in [6.07, 6.45) is -2.08. The number of carboxylic acid groups (broad SMARTS) is 2. The number of hydrogen-bond acceptors (Lipinski definition) is 2. The molecular weight excluding hydrogens is 379 g/mol. The van der Waals surface area contributed by atoms with E-state index in [-0.39, 0.29) is 0 Å². The van der Waals surface area contributed by atoms with Gasteiger partial charge in [-0.25, -0.2) is 0 Å². The minimum absolute atomic E-state index is 1.39. The molecule has 0 atom stereocenters. The van der Waals surface area contributed by atoms with Crippen molar-refractivity contribution in [2.45, 2.75) is 0 Å². The van der Waals surface area contributed by atoms with Crippen LogP contribution in [0.25, 0.3) is 0 Å². The fourth-order valence-electron chi connectivity index (χ4n) is 3.50. The Morgan fingerprint density at radius 2 is 0.690 bits per heavy atom. The van der Waals surface area contributed by atoms with Crippen molar-refractivity contribution in [1.82, 2.24) is 0 Å². The average Bonchev–Trinajstić information content (AvgIpc) is 2.77. The first kappa shape index (κ1) is 20.3. The van der Waals surface area contributed by atoms with E-state index in [0.29, 0.717) is 0 Å². The second-order valence-electron chi connectivity index (χ2n) is 6.28. The molecule has 0 fully saturated rings. The lowest BCUT2D eigenvalue weighted by Crippen LogP contribution is -2.38. The molecule has 0 aliphatic rings. The topological polar surface area (TPSA) is 60.4 Å². The van der Waals surface area contributed by atoms with Crippen LogP contribution < -0.4 is 26.3 Å². The second kappa shape index (κ2) is 9.68. The normalized spacial score (nSPS) is 10.5. The Balaban J connectivity index is 0.000000552. The molecule has 4 heteroatoms. The van der Waals surface area contributed by atoms with E-state index in [9.17, 15) is 0 Å². The SMILES string of the molecule is O=C([O-])O.c1ccc([P+](c2ccccc2)(c2ccccc2)c2ccccc2)cc1. The van der Waals surface area contributed by atoms with Crippen LogP contribution in [-0.2, 0) is 0 Å². The van der Waals surface area contributed by atoms with Crippen LogP contribution in [0.1, 0.15) is 0 Å². The average molecular weight is 400 g/mol. The zero-order valence-corrected chi connectivity index (χ0v) is 16.7. The zero-order valence-electron chi connectivity index (χ0n) is 15.8. The molecule has 4 aromatic rings. The molecule has 144 valence electrons. The van der Waals surface area contributed by atoms with Crippen LogP contribution in [-0.4, -0.2) is 11.3 Å². The molecule has 0 amide bonds. The molecule has 0 radical (unpaired) electrons. The third-order valence-electron chi connectivity index (χ3n) is 4.57. The van der Waals surface area contributed by atoms with E-state index in [1.807, 2.05) is 0 Å². The molecule has 0 saturated heterocycles. The van der Waals surface area contributed by atoms with Crippen LogP contribution in [0.4, 0.5) is 4.79 Å². The van der Waals surface area contributed by atoms with E-state index >= 15 is 0 Å². The Hall–Kier alpha value is -3.42. The van der Waals surface area contributed by atoms with Gasteiger partial charge in [-0.2, -0.15) is 0 Å². The maximum Gasteiger partial charge on any atom is 0.249 e. The minimum atomic E-state index is -2.08. The predicted octanol–water partition coefficient (Wildman–Crippen LogP) is 3.19. The van der Waals surface area contributed by atoms with E-state index in [1.54, 1.807) is 0 Å². The van der Waals surface area contributed by atoms with Crippen molar-refractivity contribution in [2.24, 2.45) is 0 Å². The highest BCUT2D eigenvalue weighted by molar-refractivity contribution is 8.01. The molecule has 0 bridgehead atoms. The Labute approximate surface area is 171 Å². The lowest BCUT2D eigenvalue weighted by atomic mass is 10.3. The van der Waals surface area contributed by atoms with Crippen molar-refractivity contribution in [2.75, 3.05) is 0 Å². The summed E-state index contributed by atoms with van der Waals surface area (Å²) >= 11 is 0. The molecule has 0 unspecified atom stereocenters. The molecule has 0 spiro atoms. The van der Waals surface area contributed by atoms with Gasteiger partial charge in [0.25, 0.3) is 0 Å². The number of hydrogen-bond donors (Lipinski definition) is 1. The lowest BCUT2D eigenvalue weighted by Gasteiger charge is -2.27. The second-order valence-corrected chi connectivity index (χ2v) is 9.69. The number of rotatable bonds is 4. The van der Waals surface area contributed by atoms with Crippen molar-refractivity contribution in [3.05, 3.63) is 121 Å². The van der Waals surface area contributed by atoms with Crippen molar-refractivity contribution in [3.63, 3.8) is 0 Å². The van der Waals surface area contributed by atoms with E-state index in [1.165, 1.54) is 21.2 Å². The minimum Gasteiger partial charge on any atom is -0.565 e. The molecule has 0 aromatic heterocycles. The molecule has 0 aliphatic carbocycles. The highest BCUT2D eigenvalue weighted by Gasteiger charge is 2.47. The fraction of sp³-hybridized carbons (Fsp3) is 0. The van der Waals surface area contributed by atoms with Gasteiger partial charge in [-0.3, -0.25) is 0 Å². The molecule has 0 heterocycles. The van der Waals surface area contributed by atoms with Crippen molar-refractivity contribution in [1.29, 1.82) is 0 Å². The van der Waals surface area contributed by atoms with Gasteiger partial charge in [-0.05, 0) is 48.5 Å². The quantitative estimate of drug-likeness (QED) is 0.535. The Bertz CT molecular complexity index is 853. The van der Waals surface area contributed by atoms with Gasteiger partial charge in [0.2, 0.25) is 6.16 Å². The number of benzene rings is 4. The van der Waals surface area contributed by atoms with Gasteiger partial charge < -0.3 is 15.0 Å². The zero-order chi connectivity index (χ0) is 20.5. The summed E-state index contributed by atoms with van der Waals surface area (Å²) in [6.45, 7) is 0. The first-order chi connectivity index (χ1) is 14.2. The van der Waals surface area contributed by atoms with Crippen LogP contribution >= 0.6 is 7.26 Å². The van der Waals surface area contributed by atoms with E-state index < -0.39 is 13.4 Å². The first-order valence-corrected chi connectivity index (χ1v) is 11.0. The van der Waals surface area contributed by atoms with Crippen molar-refractivity contribution in [3.8, 4) is 0 Å². The van der Waals surface area contributed by atoms with Crippen LogP contribution in [0, 0.1) is 0 Å².